The van der Waals surface area contributed by atoms with Crippen molar-refractivity contribution in [3.8, 4) is 5.75 Å². The molecule has 1 aromatic rings. The molecule has 0 amide bonds. The maximum atomic E-state index is 9.27. The molecule has 0 aliphatic heterocycles. The third-order valence-electron chi connectivity index (χ3n) is 5.62. The number of hydrogen-bond acceptors (Lipinski definition) is 2. The van der Waals surface area contributed by atoms with Crippen molar-refractivity contribution >= 4 is 6.21 Å². The van der Waals surface area contributed by atoms with Crippen molar-refractivity contribution < 1.29 is 5.11 Å². The van der Waals surface area contributed by atoms with Crippen LogP contribution in [0.5, 0.6) is 5.75 Å². The highest BCUT2D eigenvalue weighted by atomic mass is 16.3. The van der Waals surface area contributed by atoms with Gasteiger partial charge in [0.15, 0.2) is 0 Å². The molecule has 2 heteroatoms. The lowest BCUT2D eigenvalue weighted by Crippen LogP contribution is -2.56. The summed E-state index contributed by atoms with van der Waals surface area (Å²) in [5.74, 6) is 2.70. The summed E-state index contributed by atoms with van der Waals surface area (Å²) in [6.45, 7) is 7.20. The van der Waals surface area contributed by atoms with Crippen LogP contribution in [-0.2, 0) is 0 Å². The molecular weight excluding hydrogens is 234 g/mol. The molecule has 0 heterocycles. The topological polar surface area (TPSA) is 32.6 Å². The largest absolute Gasteiger partial charge is 0.508 e. The van der Waals surface area contributed by atoms with Crippen molar-refractivity contribution in [2.45, 2.75) is 39.7 Å². The number of aliphatic imine (C=N–C) groups is 1. The Morgan fingerprint density at radius 3 is 2.47 bits per heavy atom. The van der Waals surface area contributed by atoms with Gasteiger partial charge in [-0.15, -0.1) is 0 Å². The summed E-state index contributed by atoms with van der Waals surface area (Å²) < 4.78 is 0. The van der Waals surface area contributed by atoms with Gasteiger partial charge in [0.05, 0.1) is 6.04 Å². The predicted molar refractivity (Wildman–Crippen MR) is 78.6 cm³/mol. The molecule has 0 unspecified atom stereocenters. The van der Waals surface area contributed by atoms with E-state index in [2.05, 4.69) is 20.8 Å². The van der Waals surface area contributed by atoms with Crippen molar-refractivity contribution in [2.24, 2.45) is 28.2 Å². The van der Waals surface area contributed by atoms with Gasteiger partial charge < -0.3 is 5.11 Å². The Kier molecular flexibility index (Phi) is 2.92. The average molecular weight is 257 g/mol. The molecule has 4 atom stereocenters. The van der Waals surface area contributed by atoms with Crippen LogP contribution in [0.4, 0.5) is 0 Å². The number of phenolic OH excluding ortho intramolecular Hbond substituents is 1. The van der Waals surface area contributed by atoms with Gasteiger partial charge in [0.2, 0.25) is 0 Å². The molecular formula is C17H23NO. The Labute approximate surface area is 115 Å². The maximum Gasteiger partial charge on any atom is 0.115 e. The smallest absolute Gasteiger partial charge is 0.115 e. The molecule has 102 valence electrons. The van der Waals surface area contributed by atoms with Gasteiger partial charge in [-0.2, -0.15) is 0 Å². The molecule has 0 aromatic heterocycles. The van der Waals surface area contributed by atoms with Crippen LogP contribution in [0.15, 0.2) is 29.3 Å². The van der Waals surface area contributed by atoms with Gasteiger partial charge in [-0.3, -0.25) is 4.99 Å². The number of fused-ring (bicyclic) bond motifs is 2. The summed E-state index contributed by atoms with van der Waals surface area (Å²) >= 11 is 0. The van der Waals surface area contributed by atoms with Gasteiger partial charge in [0.25, 0.3) is 0 Å². The van der Waals surface area contributed by atoms with Crippen molar-refractivity contribution in [3.05, 3.63) is 29.8 Å². The zero-order valence-electron chi connectivity index (χ0n) is 12.0. The summed E-state index contributed by atoms with van der Waals surface area (Å²) in [5.41, 5.74) is 1.60. The van der Waals surface area contributed by atoms with Crippen LogP contribution in [0, 0.1) is 23.2 Å². The Hall–Kier alpha value is -1.31. The predicted octanol–water partition coefficient (Wildman–Crippen LogP) is 3.88. The fourth-order valence-corrected chi connectivity index (χ4v) is 4.06. The van der Waals surface area contributed by atoms with Crippen LogP contribution in [0.3, 0.4) is 0 Å². The van der Waals surface area contributed by atoms with Gasteiger partial charge in [-0.1, -0.05) is 20.8 Å². The number of hydrogen-bond donors (Lipinski definition) is 1. The second kappa shape index (κ2) is 4.36. The van der Waals surface area contributed by atoms with E-state index in [4.69, 9.17) is 4.99 Å². The second-order valence-electron chi connectivity index (χ2n) is 6.89. The number of aromatic hydroxyl groups is 1. The highest BCUT2D eigenvalue weighted by Crippen LogP contribution is 2.61. The molecule has 2 nitrogen and oxygen atoms in total. The molecule has 3 saturated carbocycles. The number of phenols is 1. The number of benzene rings is 1. The molecule has 1 N–H and O–H groups in total. The molecule has 2 bridgehead atoms. The summed E-state index contributed by atoms with van der Waals surface area (Å²) in [5, 5.41) is 9.27. The average Bonchev–Trinajstić information content (AvgIpc) is 2.38. The fraction of sp³-hybridized carbons (Fsp3) is 0.588. The quantitative estimate of drug-likeness (QED) is 0.801. The molecule has 3 aliphatic carbocycles. The van der Waals surface area contributed by atoms with Crippen LogP contribution in [0.25, 0.3) is 0 Å². The first-order chi connectivity index (χ1) is 8.98. The Morgan fingerprint density at radius 2 is 1.89 bits per heavy atom. The van der Waals surface area contributed by atoms with Crippen molar-refractivity contribution in [1.29, 1.82) is 0 Å². The van der Waals surface area contributed by atoms with E-state index in [1.54, 1.807) is 12.1 Å². The highest BCUT2D eigenvalue weighted by Gasteiger charge is 2.56. The molecule has 0 saturated heterocycles. The maximum absolute atomic E-state index is 9.27. The van der Waals surface area contributed by atoms with Gasteiger partial charge in [0.1, 0.15) is 5.75 Å². The summed E-state index contributed by atoms with van der Waals surface area (Å²) in [6, 6.07) is 7.73. The van der Waals surface area contributed by atoms with E-state index >= 15 is 0 Å². The van der Waals surface area contributed by atoms with Crippen molar-refractivity contribution in [1.82, 2.24) is 0 Å². The molecule has 19 heavy (non-hydrogen) atoms. The second-order valence-corrected chi connectivity index (χ2v) is 6.89. The molecule has 0 spiro atoms. The summed E-state index contributed by atoms with van der Waals surface area (Å²) in [7, 11) is 0. The normalized spacial score (nSPS) is 36.2. The van der Waals surface area contributed by atoms with Gasteiger partial charge in [0, 0.05) is 6.21 Å². The lowest BCUT2D eigenvalue weighted by atomic mass is 9.45. The van der Waals surface area contributed by atoms with Gasteiger partial charge in [-0.25, -0.2) is 0 Å². The minimum atomic E-state index is 0.311. The van der Waals surface area contributed by atoms with Crippen LogP contribution in [0.1, 0.15) is 39.2 Å². The molecule has 0 radical (unpaired) electrons. The zero-order chi connectivity index (χ0) is 13.6. The van der Waals surface area contributed by atoms with E-state index in [9.17, 15) is 5.11 Å². The lowest BCUT2D eigenvalue weighted by molar-refractivity contribution is -0.108. The van der Waals surface area contributed by atoms with E-state index in [1.165, 1.54) is 12.8 Å². The molecule has 3 aliphatic rings. The summed E-state index contributed by atoms with van der Waals surface area (Å²) in [6.07, 6.45) is 4.61. The first-order valence-corrected chi connectivity index (χ1v) is 7.30. The van der Waals surface area contributed by atoms with E-state index in [0.717, 1.165) is 17.4 Å². The van der Waals surface area contributed by atoms with E-state index in [0.29, 0.717) is 23.1 Å². The third-order valence-corrected chi connectivity index (χ3v) is 5.62. The minimum Gasteiger partial charge on any atom is -0.508 e. The van der Waals surface area contributed by atoms with Crippen LogP contribution in [0.2, 0.25) is 0 Å². The zero-order valence-corrected chi connectivity index (χ0v) is 12.0. The van der Waals surface area contributed by atoms with E-state index in [-0.39, 0.29) is 0 Å². The molecule has 1 aromatic carbocycles. The number of rotatable bonds is 2. The minimum absolute atomic E-state index is 0.311. The SMILES string of the molecule is C[C@@H]1[C@H]2C[C@@H](C[C@H]1N=Cc1ccc(O)cc1)C2(C)C. The third kappa shape index (κ3) is 2.07. The summed E-state index contributed by atoms with van der Waals surface area (Å²) in [4.78, 5) is 4.80. The fourth-order valence-electron chi connectivity index (χ4n) is 4.06. The first kappa shape index (κ1) is 12.7. The monoisotopic (exact) mass is 257 g/mol. The lowest BCUT2D eigenvalue weighted by Gasteiger charge is -2.61. The van der Waals surface area contributed by atoms with Crippen LogP contribution in [-0.4, -0.2) is 17.4 Å². The number of nitrogens with zero attached hydrogens (tertiary/aromatic N) is 1. The highest BCUT2D eigenvalue weighted by molar-refractivity contribution is 5.79. The first-order valence-electron chi connectivity index (χ1n) is 7.30. The Morgan fingerprint density at radius 1 is 1.21 bits per heavy atom. The Bertz CT molecular complexity index is 488. The van der Waals surface area contributed by atoms with Crippen LogP contribution < -0.4 is 0 Å². The van der Waals surface area contributed by atoms with E-state index < -0.39 is 0 Å². The Balaban J connectivity index is 1.70. The van der Waals surface area contributed by atoms with Gasteiger partial charge >= 0.3 is 0 Å². The molecule has 4 rings (SSSR count). The van der Waals surface area contributed by atoms with Crippen molar-refractivity contribution in [3.63, 3.8) is 0 Å². The van der Waals surface area contributed by atoms with Crippen LogP contribution >= 0.6 is 0 Å². The van der Waals surface area contributed by atoms with E-state index in [1.807, 2.05) is 18.3 Å². The standard InChI is InChI=1S/C17H23NO/c1-11-15-8-13(17(15,2)3)9-16(11)18-10-12-4-6-14(19)7-5-12/h4-7,10-11,13,15-16,19H,8-9H2,1-3H3/t11-,13+,15-,16-/m1/s1. The molecule has 3 fully saturated rings. The van der Waals surface area contributed by atoms with Gasteiger partial charge in [-0.05, 0) is 65.8 Å². The van der Waals surface area contributed by atoms with Crippen molar-refractivity contribution in [2.75, 3.05) is 0 Å².